The van der Waals surface area contributed by atoms with Gasteiger partial charge in [0.15, 0.2) is 11.5 Å². The first-order valence-electron chi connectivity index (χ1n) is 8.31. The van der Waals surface area contributed by atoms with Crippen LogP contribution in [0.2, 0.25) is 0 Å². The number of fused-ring (bicyclic) bond motifs is 1. The first-order chi connectivity index (χ1) is 11.7. The van der Waals surface area contributed by atoms with Crippen molar-refractivity contribution in [1.82, 2.24) is 4.90 Å². The topological polar surface area (TPSA) is 67.9 Å². The molecule has 6 nitrogen and oxygen atoms in total. The lowest BCUT2D eigenvalue weighted by molar-refractivity contribution is -0.137. The second-order valence-electron chi connectivity index (χ2n) is 6.30. The molecule has 0 bridgehead atoms. The predicted octanol–water partition coefficient (Wildman–Crippen LogP) is 2.10. The van der Waals surface area contributed by atoms with Crippen molar-refractivity contribution < 1.29 is 19.1 Å². The third-order valence-corrected chi connectivity index (χ3v) is 5.42. The fourth-order valence-corrected chi connectivity index (χ4v) is 4.07. The molecular formula is C17H20N2O4S. The van der Waals surface area contributed by atoms with E-state index in [-0.39, 0.29) is 23.8 Å². The fourth-order valence-electron chi connectivity index (χ4n) is 2.91. The molecule has 2 heterocycles. The normalized spacial score (nSPS) is 22.8. The Balaban J connectivity index is 1.45. The summed E-state index contributed by atoms with van der Waals surface area (Å²) in [6.07, 6.45) is 2.75. The Morgan fingerprint density at radius 1 is 1.17 bits per heavy atom. The molecule has 4 rings (SSSR count). The number of amides is 2. The Kier molecular flexibility index (Phi) is 4.26. The Morgan fingerprint density at radius 2 is 1.96 bits per heavy atom. The zero-order valence-electron chi connectivity index (χ0n) is 13.3. The highest BCUT2D eigenvalue weighted by Gasteiger charge is 2.41. The van der Waals surface area contributed by atoms with Gasteiger partial charge in [-0.1, -0.05) is 0 Å². The van der Waals surface area contributed by atoms with E-state index in [0.717, 1.165) is 19.3 Å². The molecular weight excluding hydrogens is 328 g/mol. The van der Waals surface area contributed by atoms with E-state index in [1.165, 1.54) is 0 Å². The Morgan fingerprint density at radius 3 is 2.75 bits per heavy atom. The van der Waals surface area contributed by atoms with Gasteiger partial charge >= 0.3 is 0 Å². The van der Waals surface area contributed by atoms with Crippen LogP contribution in [0.1, 0.15) is 19.3 Å². The number of carbonyl (C=O) groups is 2. The third-order valence-electron chi connectivity index (χ3n) is 4.41. The van der Waals surface area contributed by atoms with Crippen molar-refractivity contribution in [3.8, 4) is 11.5 Å². The highest BCUT2D eigenvalue weighted by Crippen LogP contribution is 2.35. The van der Waals surface area contributed by atoms with E-state index in [9.17, 15) is 9.59 Å². The second-order valence-corrected chi connectivity index (χ2v) is 7.30. The van der Waals surface area contributed by atoms with Crippen LogP contribution in [-0.4, -0.2) is 47.6 Å². The van der Waals surface area contributed by atoms with Crippen molar-refractivity contribution in [2.45, 2.75) is 25.3 Å². The quantitative estimate of drug-likeness (QED) is 0.906. The van der Waals surface area contributed by atoms with Crippen molar-refractivity contribution in [2.75, 3.05) is 30.2 Å². The molecule has 1 atom stereocenters. The Labute approximate surface area is 144 Å². The predicted molar refractivity (Wildman–Crippen MR) is 91.4 cm³/mol. The average molecular weight is 348 g/mol. The molecule has 0 spiro atoms. The number of hydrogen-bond donors (Lipinski definition) is 1. The molecule has 128 valence electrons. The SMILES string of the molecule is O=C(Nc1ccc2c(c1)OCCCO2)[C@@H]1CSCN1C(=O)C1CC1. The van der Waals surface area contributed by atoms with Crippen molar-refractivity contribution in [3.05, 3.63) is 18.2 Å². The van der Waals surface area contributed by atoms with Gasteiger partial charge in [-0.05, 0) is 25.0 Å². The first-order valence-corrected chi connectivity index (χ1v) is 9.46. The summed E-state index contributed by atoms with van der Waals surface area (Å²) in [5.74, 6) is 2.73. The zero-order valence-corrected chi connectivity index (χ0v) is 14.1. The van der Waals surface area contributed by atoms with E-state index in [1.54, 1.807) is 28.8 Å². The minimum absolute atomic E-state index is 0.124. The van der Waals surface area contributed by atoms with Gasteiger partial charge in [0.05, 0.1) is 19.1 Å². The van der Waals surface area contributed by atoms with Crippen LogP contribution in [0, 0.1) is 5.92 Å². The van der Waals surface area contributed by atoms with Gasteiger partial charge in [0.1, 0.15) is 6.04 Å². The van der Waals surface area contributed by atoms with Crippen LogP contribution in [0.15, 0.2) is 18.2 Å². The lowest BCUT2D eigenvalue weighted by Gasteiger charge is -2.23. The second kappa shape index (κ2) is 6.55. The van der Waals surface area contributed by atoms with Crippen LogP contribution in [0.4, 0.5) is 5.69 Å². The summed E-state index contributed by atoms with van der Waals surface area (Å²) in [7, 11) is 0. The molecule has 7 heteroatoms. The molecule has 1 aromatic carbocycles. The molecule has 0 unspecified atom stereocenters. The van der Waals surface area contributed by atoms with Crippen LogP contribution < -0.4 is 14.8 Å². The van der Waals surface area contributed by atoms with Gasteiger partial charge in [-0.3, -0.25) is 9.59 Å². The maximum atomic E-state index is 12.6. The first kappa shape index (κ1) is 15.6. The third kappa shape index (κ3) is 3.17. The summed E-state index contributed by atoms with van der Waals surface area (Å²) in [5.41, 5.74) is 0.667. The zero-order chi connectivity index (χ0) is 16.5. The Hall–Kier alpha value is -1.89. The number of hydrogen-bond acceptors (Lipinski definition) is 5. The molecule has 3 aliphatic rings. The van der Waals surface area contributed by atoms with Crippen molar-refractivity contribution >= 4 is 29.3 Å². The Bertz CT molecular complexity index is 662. The smallest absolute Gasteiger partial charge is 0.248 e. The standard InChI is InChI=1S/C17H20N2O4S/c20-16(13-9-24-10-19(13)17(21)11-2-3-11)18-12-4-5-14-15(8-12)23-7-1-6-22-14/h4-5,8,11,13H,1-3,6-7,9-10H2,(H,18,20)/t13-/m0/s1. The maximum absolute atomic E-state index is 12.6. The summed E-state index contributed by atoms with van der Waals surface area (Å²) in [5, 5.41) is 2.92. The molecule has 1 saturated heterocycles. The van der Waals surface area contributed by atoms with E-state index < -0.39 is 0 Å². The number of thioether (sulfide) groups is 1. The largest absolute Gasteiger partial charge is 0.490 e. The molecule has 24 heavy (non-hydrogen) atoms. The molecule has 1 aliphatic carbocycles. The van der Waals surface area contributed by atoms with Crippen molar-refractivity contribution in [2.24, 2.45) is 5.92 Å². The van der Waals surface area contributed by atoms with E-state index >= 15 is 0 Å². The fraction of sp³-hybridized carbons (Fsp3) is 0.529. The van der Waals surface area contributed by atoms with E-state index in [0.29, 0.717) is 42.0 Å². The highest BCUT2D eigenvalue weighted by atomic mass is 32.2. The summed E-state index contributed by atoms with van der Waals surface area (Å²) < 4.78 is 11.2. The van der Waals surface area contributed by atoms with E-state index in [2.05, 4.69) is 5.32 Å². The lowest BCUT2D eigenvalue weighted by atomic mass is 10.2. The summed E-state index contributed by atoms with van der Waals surface area (Å²) in [6.45, 7) is 1.24. The van der Waals surface area contributed by atoms with Crippen molar-refractivity contribution in [3.63, 3.8) is 0 Å². The molecule has 2 amide bonds. The molecule has 2 fully saturated rings. The number of nitrogens with one attached hydrogen (secondary N) is 1. The van der Waals surface area contributed by atoms with Gasteiger partial charge in [-0.2, -0.15) is 0 Å². The molecule has 0 aromatic heterocycles. The number of rotatable bonds is 3. The molecule has 1 aromatic rings. The van der Waals surface area contributed by atoms with Crippen molar-refractivity contribution in [1.29, 1.82) is 0 Å². The van der Waals surface area contributed by atoms with Gasteiger partial charge in [-0.25, -0.2) is 0 Å². The van der Waals surface area contributed by atoms with Crippen LogP contribution in [-0.2, 0) is 9.59 Å². The maximum Gasteiger partial charge on any atom is 0.248 e. The van der Waals surface area contributed by atoms with Gasteiger partial charge in [-0.15, -0.1) is 11.8 Å². The molecule has 1 N–H and O–H groups in total. The number of carbonyl (C=O) groups excluding carboxylic acids is 2. The number of anilines is 1. The number of ether oxygens (including phenoxy) is 2. The number of benzene rings is 1. The van der Waals surface area contributed by atoms with E-state index in [4.69, 9.17) is 9.47 Å². The monoisotopic (exact) mass is 348 g/mol. The summed E-state index contributed by atoms with van der Waals surface area (Å²) in [6, 6.07) is 5.01. The minimum atomic E-state index is -0.390. The van der Waals surface area contributed by atoms with E-state index in [1.807, 2.05) is 6.07 Å². The van der Waals surface area contributed by atoms with Crippen LogP contribution >= 0.6 is 11.8 Å². The number of nitrogens with zero attached hydrogens (tertiary/aromatic N) is 1. The summed E-state index contributed by atoms with van der Waals surface area (Å²) in [4.78, 5) is 26.6. The van der Waals surface area contributed by atoms with Gasteiger partial charge < -0.3 is 19.7 Å². The molecule has 0 radical (unpaired) electrons. The highest BCUT2D eigenvalue weighted by molar-refractivity contribution is 7.99. The van der Waals surface area contributed by atoms with Crippen LogP contribution in [0.5, 0.6) is 11.5 Å². The van der Waals surface area contributed by atoms with Gasteiger partial charge in [0.25, 0.3) is 0 Å². The molecule has 2 aliphatic heterocycles. The average Bonchev–Trinajstić information content (AvgIpc) is 3.35. The lowest BCUT2D eigenvalue weighted by Crippen LogP contribution is -2.45. The van der Waals surface area contributed by atoms with Gasteiger partial charge in [0.2, 0.25) is 11.8 Å². The molecule has 1 saturated carbocycles. The summed E-state index contributed by atoms with van der Waals surface area (Å²) >= 11 is 1.63. The van der Waals surface area contributed by atoms with Gasteiger partial charge in [0, 0.05) is 29.8 Å². The minimum Gasteiger partial charge on any atom is -0.490 e. The van der Waals surface area contributed by atoms with Crippen LogP contribution in [0.3, 0.4) is 0 Å². The van der Waals surface area contributed by atoms with Crippen LogP contribution in [0.25, 0.3) is 0 Å².